The van der Waals surface area contributed by atoms with E-state index in [9.17, 15) is 13.6 Å². The molecule has 2 heterocycles. The number of carbonyl (C=O) groups is 1. The zero-order chi connectivity index (χ0) is 19.1. The average Bonchev–Trinajstić information content (AvgIpc) is 3.02. The lowest BCUT2D eigenvalue weighted by molar-refractivity contribution is 0.0984. The number of rotatable bonds is 2. The highest BCUT2D eigenvalue weighted by Gasteiger charge is 2.28. The summed E-state index contributed by atoms with van der Waals surface area (Å²) in [7, 11) is 0. The number of hydrogen-bond donors (Lipinski definition) is 0. The van der Waals surface area contributed by atoms with Crippen LogP contribution >= 0.6 is 0 Å². The summed E-state index contributed by atoms with van der Waals surface area (Å²) >= 11 is 0. The van der Waals surface area contributed by atoms with Crippen LogP contribution in [0.2, 0.25) is 0 Å². The topological polar surface area (TPSA) is 38.1 Å². The van der Waals surface area contributed by atoms with E-state index in [-0.39, 0.29) is 5.91 Å². The molecule has 3 aromatic rings. The van der Waals surface area contributed by atoms with Crippen LogP contribution in [0.15, 0.2) is 42.6 Å². The molecule has 1 aromatic heterocycles. The second-order valence-corrected chi connectivity index (χ2v) is 6.79. The molecule has 4 rings (SSSR count). The van der Waals surface area contributed by atoms with E-state index in [1.165, 1.54) is 17.2 Å². The van der Waals surface area contributed by atoms with Crippen molar-refractivity contribution in [2.24, 2.45) is 0 Å². The number of para-hydroxylation sites is 1. The number of amides is 1. The first-order chi connectivity index (χ1) is 13.0. The summed E-state index contributed by atoms with van der Waals surface area (Å²) in [6, 6.07) is 9.87. The molecule has 0 atom stereocenters. The molecule has 0 spiro atoms. The first-order valence-electron chi connectivity index (χ1n) is 8.88. The summed E-state index contributed by atoms with van der Waals surface area (Å²) in [6.45, 7) is 4.22. The minimum atomic E-state index is -0.682. The van der Waals surface area contributed by atoms with Gasteiger partial charge in [0.2, 0.25) is 0 Å². The molecule has 6 heteroatoms. The van der Waals surface area contributed by atoms with Crippen molar-refractivity contribution in [1.82, 2.24) is 9.78 Å². The second-order valence-electron chi connectivity index (χ2n) is 6.79. The van der Waals surface area contributed by atoms with Crippen molar-refractivity contribution in [3.8, 4) is 5.69 Å². The minimum Gasteiger partial charge on any atom is -0.308 e. The van der Waals surface area contributed by atoms with E-state index in [0.29, 0.717) is 41.9 Å². The van der Waals surface area contributed by atoms with Gasteiger partial charge in [0.05, 0.1) is 28.8 Å². The lowest BCUT2D eigenvalue weighted by Crippen LogP contribution is -2.36. The zero-order valence-electron chi connectivity index (χ0n) is 15.2. The number of carbonyl (C=O) groups excluding carboxylic acids is 1. The van der Waals surface area contributed by atoms with E-state index in [2.05, 4.69) is 5.10 Å². The maximum atomic E-state index is 14.1. The van der Waals surface area contributed by atoms with Crippen LogP contribution in [0.25, 0.3) is 5.69 Å². The van der Waals surface area contributed by atoms with Crippen LogP contribution in [0.5, 0.6) is 0 Å². The summed E-state index contributed by atoms with van der Waals surface area (Å²) in [6.07, 6.45) is 2.65. The van der Waals surface area contributed by atoms with Crippen molar-refractivity contribution in [3.05, 3.63) is 76.6 Å². The predicted octanol–water partition coefficient (Wildman–Crippen LogP) is 4.36. The summed E-state index contributed by atoms with van der Waals surface area (Å²) in [4.78, 5) is 14.6. The third-order valence-electron chi connectivity index (χ3n) is 5.06. The van der Waals surface area contributed by atoms with Gasteiger partial charge >= 0.3 is 0 Å². The van der Waals surface area contributed by atoms with Crippen molar-refractivity contribution in [1.29, 1.82) is 0 Å². The van der Waals surface area contributed by atoms with Crippen molar-refractivity contribution in [3.63, 3.8) is 0 Å². The molecule has 0 radical (unpaired) electrons. The van der Waals surface area contributed by atoms with Gasteiger partial charge in [-0.3, -0.25) is 4.79 Å². The van der Waals surface area contributed by atoms with Crippen molar-refractivity contribution < 1.29 is 13.6 Å². The maximum absolute atomic E-state index is 14.1. The Morgan fingerprint density at radius 2 is 1.89 bits per heavy atom. The first kappa shape index (κ1) is 17.4. The number of aromatic nitrogens is 2. The molecule has 0 unspecified atom stereocenters. The molecule has 1 amide bonds. The summed E-state index contributed by atoms with van der Waals surface area (Å²) in [5.41, 5.74) is 3.75. The Morgan fingerprint density at radius 3 is 2.67 bits per heavy atom. The highest BCUT2D eigenvalue weighted by Crippen LogP contribution is 2.32. The number of benzene rings is 2. The van der Waals surface area contributed by atoms with E-state index in [4.69, 9.17) is 0 Å². The predicted molar refractivity (Wildman–Crippen MR) is 99.4 cm³/mol. The van der Waals surface area contributed by atoms with Crippen LogP contribution in [0.4, 0.5) is 14.5 Å². The highest BCUT2D eigenvalue weighted by atomic mass is 19.1. The largest absolute Gasteiger partial charge is 0.308 e. The summed E-state index contributed by atoms with van der Waals surface area (Å²) in [5, 5.41) is 4.37. The van der Waals surface area contributed by atoms with Crippen molar-refractivity contribution >= 4 is 11.6 Å². The Morgan fingerprint density at radius 1 is 1.11 bits per heavy atom. The third kappa shape index (κ3) is 2.91. The molecule has 1 aliphatic heterocycles. The van der Waals surface area contributed by atoms with Crippen molar-refractivity contribution in [2.75, 3.05) is 11.4 Å². The van der Waals surface area contributed by atoms with E-state index in [1.54, 1.807) is 4.68 Å². The number of anilines is 1. The highest BCUT2D eigenvalue weighted by molar-refractivity contribution is 6.07. The van der Waals surface area contributed by atoms with Crippen LogP contribution < -0.4 is 4.90 Å². The molecular weight excluding hydrogens is 348 g/mol. The fraction of sp³-hybridized carbons (Fsp3) is 0.238. The van der Waals surface area contributed by atoms with Gasteiger partial charge in [-0.25, -0.2) is 13.5 Å². The summed E-state index contributed by atoms with van der Waals surface area (Å²) in [5.74, 6) is -1.58. The van der Waals surface area contributed by atoms with Crippen LogP contribution in [-0.4, -0.2) is 22.2 Å². The van der Waals surface area contributed by atoms with Gasteiger partial charge in [-0.15, -0.1) is 0 Å². The molecular formula is C21H19F2N3O. The second kappa shape index (κ2) is 6.61. The first-order valence-corrected chi connectivity index (χ1v) is 8.88. The van der Waals surface area contributed by atoms with E-state index < -0.39 is 11.6 Å². The lowest BCUT2D eigenvalue weighted by Gasteiger charge is -2.29. The average molecular weight is 367 g/mol. The van der Waals surface area contributed by atoms with Crippen LogP contribution in [-0.2, 0) is 6.42 Å². The van der Waals surface area contributed by atoms with Gasteiger partial charge in [-0.1, -0.05) is 18.2 Å². The van der Waals surface area contributed by atoms with Gasteiger partial charge in [0.1, 0.15) is 11.6 Å². The number of nitrogens with zero attached hydrogens (tertiary/aromatic N) is 3. The van der Waals surface area contributed by atoms with E-state index in [1.807, 2.05) is 38.1 Å². The Hall–Kier alpha value is -3.02. The molecule has 2 aromatic carbocycles. The monoisotopic (exact) mass is 367 g/mol. The molecule has 0 fully saturated rings. The smallest absolute Gasteiger partial charge is 0.261 e. The Kier molecular flexibility index (Phi) is 4.26. The molecule has 1 aliphatic rings. The fourth-order valence-electron chi connectivity index (χ4n) is 3.63. The quantitative estimate of drug-likeness (QED) is 0.675. The maximum Gasteiger partial charge on any atom is 0.261 e. The van der Waals surface area contributed by atoms with Gasteiger partial charge in [-0.05, 0) is 44.4 Å². The molecule has 138 valence electrons. The molecule has 0 aliphatic carbocycles. The number of fused-ring (bicyclic) bond motifs is 1. The van der Waals surface area contributed by atoms with Crippen LogP contribution in [0.3, 0.4) is 0 Å². The van der Waals surface area contributed by atoms with E-state index >= 15 is 0 Å². The molecule has 0 bridgehead atoms. The Bertz CT molecular complexity index is 1040. The molecule has 0 saturated heterocycles. The van der Waals surface area contributed by atoms with Gasteiger partial charge in [0.25, 0.3) is 5.91 Å². The number of halogens is 2. The lowest BCUT2D eigenvalue weighted by atomic mass is 10.00. The Balaban J connectivity index is 1.75. The van der Waals surface area contributed by atoms with Gasteiger partial charge in [0.15, 0.2) is 0 Å². The van der Waals surface area contributed by atoms with Crippen LogP contribution in [0.1, 0.15) is 33.6 Å². The van der Waals surface area contributed by atoms with Gasteiger partial charge in [0, 0.05) is 18.2 Å². The number of hydrogen-bond acceptors (Lipinski definition) is 2. The molecule has 0 N–H and O–H groups in total. The van der Waals surface area contributed by atoms with E-state index in [0.717, 1.165) is 17.3 Å². The summed E-state index contributed by atoms with van der Waals surface area (Å²) < 4.78 is 29.6. The zero-order valence-corrected chi connectivity index (χ0v) is 15.2. The third-order valence-corrected chi connectivity index (χ3v) is 5.06. The fourth-order valence-corrected chi connectivity index (χ4v) is 3.63. The van der Waals surface area contributed by atoms with Crippen LogP contribution in [0, 0.1) is 25.5 Å². The molecule has 27 heavy (non-hydrogen) atoms. The Labute approximate surface area is 156 Å². The SMILES string of the molecule is Cc1ccccc1-n1ncc(C(=O)N2CCCc3c(F)cc(F)cc32)c1C. The standard InChI is InChI=1S/C21H19F2N3O/c1-13-6-3-4-8-19(13)26-14(2)17(12-24-26)21(27)25-9-5-7-16-18(23)10-15(22)11-20(16)25/h3-4,6,8,10-12H,5,7,9H2,1-2H3. The van der Waals surface area contributed by atoms with Crippen molar-refractivity contribution in [2.45, 2.75) is 26.7 Å². The van der Waals surface area contributed by atoms with Gasteiger partial charge < -0.3 is 4.90 Å². The van der Waals surface area contributed by atoms with Gasteiger partial charge in [-0.2, -0.15) is 5.10 Å². The number of aryl methyl sites for hydroxylation is 1. The minimum absolute atomic E-state index is 0.293. The molecule has 4 nitrogen and oxygen atoms in total. The molecule has 0 saturated carbocycles. The normalized spacial score (nSPS) is 13.6.